The van der Waals surface area contributed by atoms with E-state index in [9.17, 15) is 0 Å². The third-order valence-electron chi connectivity index (χ3n) is 3.78. The minimum Gasteiger partial charge on any atom is -0.495 e. The quantitative estimate of drug-likeness (QED) is 0.803. The summed E-state index contributed by atoms with van der Waals surface area (Å²) in [5.41, 5.74) is 1.07. The second-order valence-corrected chi connectivity index (χ2v) is 5.13. The molecule has 0 spiro atoms. The van der Waals surface area contributed by atoms with Gasteiger partial charge >= 0.3 is 0 Å². The highest BCUT2D eigenvalue weighted by atomic mass is 16.5. The van der Waals surface area contributed by atoms with Crippen molar-refractivity contribution in [2.24, 2.45) is 5.92 Å². The van der Waals surface area contributed by atoms with Crippen molar-refractivity contribution in [3.63, 3.8) is 0 Å². The number of hydrogen-bond acceptors (Lipinski definition) is 3. The van der Waals surface area contributed by atoms with Gasteiger partial charge in [-0.25, -0.2) is 0 Å². The molecule has 1 aromatic rings. The Kier molecular flexibility index (Phi) is 5.00. The number of nitrogens with zero attached hydrogens (tertiary/aromatic N) is 1. The molecule has 1 atom stereocenters. The summed E-state index contributed by atoms with van der Waals surface area (Å²) in [6.07, 6.45) is 8.34. The number of pyridine rings is 1. The number of methoxy groups -OCH3 is 1. The molecular weight excluding hydrogens is 224 g/mol. The van der Waals surface area contributed by atoms with Crippen molar-refractivity contribution in [2.45, 2.75) is 45.1 Å². The molecule has 0 aromatic carbocycles. The van der Waals surface area contributed by atoms with E-state index in [4.69, 9.17) is 4.74 Å². The van der Waals surface area contributed by atoms with Crippen LogP contribution in [0.2, 0.25) is 0 Å². The lowest BCUT2D eigenvalue weighted by atomic mass is 9.80. The molecule has 100 valence electrons. The smallest absolute Gasteiger partial charge is 0.141 e. The first kappa shape index (κ1) is 13.3. The summed E-state index contributed by atoms with van der Waals surface area (Å²) in [6, 6.07) is 4.28. The summed E-state index contributed by atoms with van der Waals surface area (Å²) in [5.74, 6) is 1.77. The lowest BCUT2D eigenvalue weighted by molar-refractivity contribution is 0.256. The van der Waals surface area contributed by atoms with Crippen molar-refractivity contribution in [3.05, 3.63) is 24.0 Å². The van der Waals surface area contributed by atoms with Gasteiger partial charge < -0.3 is 10.1 Å². The second kappa shape index (κ2) is 6.74. The predicted molar refractivity (Wildman–Crippen MR) is 73.8 cm³/mol. The fraction of sp³-hybridized carbons (Fsp3) is 0.667. The summed E-state index contributed by atoms with van der Waals surface area (Å²) < 4.78 is 5.44. The molecule has 3 heteroatoms. The Morgan fingerprint density at radius 2 is 2.33 bits per heavy atom. The first-order chi connectivity index (χ1) is 8.85. The molecule has 1 fully saturated rings. The van der Waals surface area contributed by atoms with E-state index >= 15 is 0 Å². The Morgan fingerprint density at radius 1 is 1.50 bits per heavy atom. The predicted octanol–water partition coefficient (Wildman–Crippen LogP) is 3.32. The second-order valence-electron chi connectivity index (χ2n) is 5.13. The molecule has 1 unspecified atom stereocenters. The molecule has 1 aromatic heterocycles. The summed E-state index contributed by atoms with van der Waals surface area (Å²) in [5, 5.41) is 3.62. The van der Waals surface area contributed by atoms with Gasteiger partial charge in [0, 0.05) is 6.20 Å². The van der Waals surface area contributed by atoms with Gasteiger partial charge in [0.25, 0.3) is 0 Å². The molecule has 0 saturated heterocycles. The highest BCUT2D eigenvalue weighted by Crippen LogP contribution is 2.36. The van der Waals surface area contributed by atoms with E-state index in [1.165, 1.54) is 25.7 Å². The van der Waals surface area contributed by atoms with Gasteiger partial charge in [0.1, 0.15) is 5.75 Å². The maximum absolute atomic E-state index is 5.44. The van der Waals surface area contributed by atoms with Crippen molar-refractivity contribution in [3.8, 4) is 5.75 Å². The van der Waals surface area contributed by atoms with E-state index in [0.29, 0.717) is 6.04 Å². The van der Waals surface area contributed by atoms with Crippen molar-refractivity contribution >= 4 is 0 Å². The van der Waals surface area contributed by atoms with Crippen molar-refractivity contribution < 1.29 is 4.74 Å². The Bertz CT molecular complexity index is 363. The molecule has 18 heavy (non-hydrogen) atoms. The van der Waals surface area contributed by atoms with Gasteiger partial charge in [-0.05, 0) is 37.4 Å². The Labute approximate surface area is 110 Å². The third-order valence-corrected chi connectivity index (χ3v) is 3.78. The molecule has 3 nitrogen and oxygen atoms in total. The first-order valence-corrected chi connectivity index (χ1v) is 7.07. The topological polar surface area (TPSA) is 34.2 Å². The molecule has 1 N–H and O–H groups in total. The molecule has 0 radical (unpaired) electrons. The zero-order valence-corrected chi connectivity index (χ0v) is 11.5. The average Bonchev–Trinajstić information content (AvgIpc) is 2.37. The van der Waals surface area contributed by atoms with Gasteiger partial charge in [0.15, 0.2) is 0 Å². The molecule has 1 aliphatic rings. The van der Waals surface area contributed by atoms with Gasteiger partial charge in [-0.2, -0.15) is 0 Å². The lowest BCUT2D eigenvalue weighted by Crippen LogP contribution is -2.27. The highest BCUT2D eigenvalue weighted by Gasteiger charge is 2.25. The lowest BCUT2D eigenvalue weighted by Gasteiger charge is -2.30. The summed E-state index contributed by atoms with van der Waals surface area (Å²) in [7, 11) is 1.72. The van der Waals surface area contributed by atoms with E-state index in [1.807, 2.05) is 18.3 Å². The number of rotatable bonds is 7. The average molecular weight is 248 g/mol. The van der Waals surface area contributed by atoms with E-state index < -0.39 is 0 Å². The van der Waals surface area contributed by atoms with Crippen LogP contribution in [0.3, 0.4) is 0 Å². The van der Waals surface area contributed by atoms with Crippen LogP contribution in [0.1, 0.15) is 50.8 Å². The van der Waals surface area contributed by atoms with Crippen LogP contribution in [0, 0.1) is 5.92 Å². The number of hydrogen-bond donors (Lipinski definition) is 1. The summed E-state index contributed by atoms with van der Waals surface area (Å²) >= 11 is 0. The zero-order valence-electron chi connectivity index (χ0n) is 11.5. The van der Waals surface area contributed by atoms with E-state index in [0.717, 1.165) is 30.3 Å². The van der Waals surface area contributed by atoms with Gasteiger partial charge in [-0.15, -0.1) is 0 Å². The minimum absolute atomic E-state index is 0.339. The monoisotopic (exact) mass is 248 g/mol. The Hall–Kier alpha value is -1.09. The van der Waals surface area contributed by atoms with Gasteiger partial charge in [0.05, 0.1) is 18.8 Å². The Morgan fingerprint density at radius 3 is 2.94 bits per heavy atom. The van der Waals surface area contributed by atoms with Crippen LogP contribution in [0.25, 0.3) is 0 Å². The molecule has 2 rings (SSSR count). The van der Waals surface area contributed by atoms with Crippen LogP contribution < -0.4 is 10.1 Å². The molecule has 0 bridgehead atoms. The van der Waals surface area contributed by atoms with Gasteiger partial charge in [-0.1, -0.05) is 26.2 Å². The van der Waals surface area contributed by atoms with Crippen molar-refractivity contribution in [1.82, 2.24) is 10.3 Å². The van der Waals surface area contributed by atoms with Crippen LogP contribution in [-0.2, 0) is 0 Å². The van der Waals surface area contributed by atoms with Gasteiger partial charge in [0.2, 0.25) is 0 Å². The van der Waals surface area contributed by atoms with E-state index in [1.54, 1.807) is 7.11 Å². The number of nitrogens with one attached hydrogen (secondary N) is 1. The molecule has 1 heterocycles. The minimum atomic E-state index is 0.339. The number of aromatic nitrogens is 1. The fourth-order valence-corrected chi connectivity index (χ4v) is 2.51. The van der Waals surface area contributed by atoms with E-state index in [-0.39, 0.29) is 0 Å². The van der Waals surface area contributed by atoms with Crippen LogP contribution >= 0.6 is 0 Å². The maximum Gasteiger partial charge on any atom is 0.141 e. The van der Waals surface area contributed by atoms with Crippen LogP contribution in [-0.4, -0.2) is 18.6 Å². The normalized spacial score (nSPS) is 17.2. The largest absolute Gasteiger partial charge is 0.495 e. The molecular formula is C15H24N2O. The summed E-state index contributed by atoms with van der Waals surface area (Å²) in [4.78, 5) is 4.53. The molecule has 1 aliphatic carbocycles. The van der Waals surface area contributed by atoms with E-state index in [2.05, 4.69) is 17.2 Å². The fourth-order valence-electron chi connectivity index (χ4n) is 2.51. The van der Waals surface area contributed by atoms with Crippen molar-refractivity contribution in [2.75, 3.05) is 13.7 Å². The van der Waals surface area contributed by atoms with Crippen LogP contribution in [0.5, 0.6) is 5.75 Å². The summed E-state index contributed by atoms with van der Waals surface area (Å²) in [6.45, 7) is 3.24. The molecule has 0 amide bonds. The SMILES string of the molecule is CCCNC(CC1CCC1)c1ncccc1OC. The first-order valence-electron chi connectivity index (χ1n) is 7.07. The van der Waals surface area contributed by atoms with Crippen molar-refractivity contribution in [1.29, 1.82) is 0 Å². The third kappa shape index (κ3) is 3.22. The zero-order chi connectivity index (χ0) is 12.8. The van der Waals surface area contributed by atoms with Gasteiger partial charge in [-0.3, -0.25) is 4.98 Å². The maximum atomic E-state index is 5.44. The number of ether oxygens (including phenoxy) is 1. The van der Waals surface area contributed by atoms with Crippen LogP contribution in [0.15, 0.2) is 18.3 Å². The highest BCUT2D eigenvalue weighted by molar-refractivity contribution is 5.29. The Balaban J connectivity index is 2.09. The standard InChI is InChI=1S/C15H24N2O/c1-3-9-16-13(11-12-6-4-7-12)15-14(18-2)8-5-10-17-15/h5,8,10,12-13,16H,3-4,6-7,9,11H2,1-2H3. The molecule has 0 aliphatic heterocycles. The van der Waals surface area contributed by atoms with Crippen LogP contribution in [0.4, 0.5) is 0 Å². The molecule has 1 saturated carbocycles.